The van der Waals surface area contributed by atoms with Crippen molar-refractivity contribution in [2.45, 2.75) is 6.04 Å². The van der Waals surface area contributed by atoms with E-state index in [0.717, 1.165) is 16.3 Å². The largest absolute Gasteiger partial charge is 0.496 e. The molecular weight excluding hydrogens is 224 g/mol. The maximum absolute atomic E-state index is 5.59. The second kappa shape index (κ2) is 4.65. The molecule has 1 unspecified atom stereocenters. The Kier molecular flexibility index (Phi) is 3.23. The maximum atomic E-state index is 5.59. The van der Waals surface area contributed by atoms with Crippen LogP contribution >= 0.6 is 11.3 Å². The lowest BCUT2D eigenvalue weighted by Gasteiger charge is -2.14. The van der Waals surface area contributed by atoms with E-state index in [-0.39, 0.29) is 6.04 Å². The van der Waals surface area contributed by atoms with Crippen molar-refractivity contribution in [3.8, 4) is 5.75 Å². The Labute approximate surface area is 97.8 Å². The third-order valence-corrected chi connectivity index (χ3v) is 3.41. The van der Waals surface area contributed by atoms with Gasteiger partial charge in [-0.15, -0.1) is 11.3 Å². The number of hydrogen-bond acceptors (Lipinski definition) is 5. The van der Waals surface area contributed by atoms with Crippen LogP contribution in [0.1, 0.15) is 16.6 Å². The van der Waals surface area contributed by atoms with Crippen molar-refractivity contribution >= 4 is 11.3 Å². The molecule has 2 rings (SSSR count). The number of aryl methyl sites for hydroxylation is 1. The quantitative estimate of drug-likeness (QED) is 0.617. The molecule has 2 heterocycles. The summed E-state index contributed by atoms with van der Waals surface area (Å²) in [6.45, 7) is 0. The molecule has 0 spiro atoms. The van der Waals surface area contributed by atoms with Crippen molar-refractivity contribution in [2.75, 3.05) is 7.11 Å². The highest BCUT2D eigenvalue weighted by molar-refractivity contribution is 7.10. The Balaban J connectivity index is 2.32. The molecule has 0 radical (unpaired) electrons. The summed E-state index contributed by atoms with van der Waals surface area (Å²) in [6, 6.07) is 3.86. The topological polar surface area (TPSA) is 65.1 Å². The first kappa shape index (κ1) is 11.1. The van der Waals surface area contributed by atoms with Gasteiger partial charge in [-0.25, -0.2) is 5.43 Å². The Bertz CT molecular complexity index is 465. The lowest BCUT2D eigenvalue weighted by atomic mass is 10.2. The van der Waals surface area contributed by atoms with Crippen molar-refractivity contribution in [3.05, 3.63) is 34.3 Å². The summed E-state index contributed by atoms with van der Waals surface area (Å²) in [5, 5.41) is 6.09. The van der Waals surface area contributed by atoms with Gasteiger partial charge < -0.3 is 4.74 Å². The number of methoxy groups -OCH3 is 1. The van der Waals surface area contributed by atoms with Crippen LogP contribution in [0, 0.1) is 0 Å². The SMILES string of the molecule is COc1csc(C(NN)c2ccnn2C)c1. The first-order valence-electron chi connectivity index (χ1n) is 4.82. The average molecular weight is 238 g/mol. The summed E-state index contributed by atoms with van der Waals surface area (Å²) in [6.07, 6.45) is 1.75. The van der Waals surface area contributed by atoms with Gasteiger partial charge >= 0.3 is 0 Å². The Morgan fingerprint density at radius 3 is 2.94 bits per heavy atom. The molecule has 0 bridgehead atoms. The molecule has 86 valence electrons. The van der Waals surface area contributed by atoms with Crippen LogP contribution in [0.3, 0.4) is 0 Å². The van der Waals surface area contributed by atoms with Crippen LogP contribution in [0.4, 0.5) is 0 Å². The Morgan fingerprint density at radius 2 is 2.44 bits per heavy atom. The van der Waals surface area contributed by atoms with Gasteiger partial charge in [0.05, 0.1) is 18.8 Å². The average Bonchev–Trinajstić information content (AvgIpc) is 2.90. The van der Waals surface area contributed by atoms with E-state index < -0.39 is 0 Å². The van der Waals surface area contributed by atoms with Crippen LogP contribution in [-0.2, 0) is 7.05 Å². The van der Waals surface area contributed by atoms with Gasteiger partial charge in [0.2, 0.25) is 0 Å². The van der Waals surface area contributed by atoms with Crippen molar-refractivity contribution in [1.29, 1.82) is 0 Å². The van der Waals surface area contributed by atoms with Crippen LogP contribution < -0.4 is 16.0 Å². The molecule has 0 aliphatic rings. The molecule has 2 aromatic heterocycles. The van der Waals surface area contributed by atoms with Gasteiger partial charge in [-0.05, 0) is 12.1 Å². The van der Waals surface area contributed by atoms with Crippen LogP contribution in [0.25, 0.3) is 0 Å². The van der Waals surface area contributed by atoms with Crippen molar-refractivity contribution in [2.24, 2.45) is 12.9 Å². The van der Waals surface area contributed by atoms with Gasteiger partial charge in [0.25, 0.3) is 0 Å². The van der Waals surface area contributed by atoms with Crippen LogP contribution in [0.15, 0.2) is 23.7 Å². The molecule has 2 aromatic rings. The van der Waals surface area contributed by atoms with Crippen molar-refractivity contribution < 1.29 is 4.74 Å². The van der Waals surface area contributed by atoms with Gasteiger partial charge in [-0.3, -0.25) is 10.5 Å². The van der Waals surface area contributed by atoms with Crippen LogP contribution in [-0.4, -0.2) is 16.9 Å². The lowest BCUT2D eigenvalue weighted by Crippen LogP contribution is -2.29. The number of thiophene rings is 1. The van der Waals surface area contributed by atoms with Gasteiger partial charge in [0.1, 0.15) is 5.75 Å². The smallest absolute Gasteiger partial charge is 0.129 e. The zero-order valence-corrected chi connectivity index (χ0v) is 9.99. The summed E-state index contributed by atoms with van der Waals surface area (Å²) in [7, 11) is 3.55. The lowest BCUT2D eigenvalue weighted by molar-refractivity contribution is 0.416. The molecule has 0 saturated carbocycles. The van der Waals surface area contributed by atoms with E-state index >= 15 is 0 Å². The summed E-state index contributed by atoms with van der Waals surface area (Å²) >= 11 is 1.61. The van der Waals surface area contributed by atoms with E-state index in [9.17, 15) is 0 Å². The molecule has 0 saturated heterocycles. The molecule has 0 amide bonds. The molecule has 3 N–H and O–H groups in total. The monoisotopic (exact) mass is 238 g/mol. The second-order valence-corrected chi connectivity index (χ2v) is 4.31. The van der Waals surface area contributed by atoms with E-state index in [1.54, 1.807) is 29.3 Å². The fourth-order valence-corrected chi connectivity index (χ4v) is 2.50. The molecule has 5 nitrogen and oxygen atoms in total. The van der Waals surface area contributed by atoms with E-state index in [1.165, 1.54) is 0 Å². The molecule has 0 fully saturated rings. The zero-order chi connectivity index (χ0) is 11.5. The summed E-state index contributed by atoms with van der Waals surface area (Å²) < 4.78 is 6.96. The third-order valence-electron chi connectivity index (χ3n) is 2.44. The molecule has 0 aliphatic carbocycles. The molecule has 0 aliphatic heterocycles. The molecular formula is C10H14N4OS. The summed E-state index contributed by atoms with van der Waals surface area (Å²) in [5.41, 5.74) is 3.81. The second-order valence-electron chi connectivity index (χ2n) is 3.37. The number of nitrogens with zero attached hydrogens (tertiary/aromatic N) is 2. The van der Waals surface area contributed by atoms with Gasteiger partial charge in [-0.2, -0.15) is 5.10 Å². The maximum Gasteiger partial charge on any atom is 0.129 e. The van der Waals surface area contributed by atoms with Gasteiger partial charge in [-0.1, -0.05) is 0 Å². The van der Waals surface area contributed by atoms with E-state index in [0.29, 0.717) is 0 Å². The van der Waals surface area contributed by atoms with E-state index in [1.807, 2.05) is 24.6 Å². The number of nitrogens with two attached hydrogens (primary N) is 1. The highest BCUT2D eigenvalue weighted by Crippen LogP contribution is 2.30. The van der Waals surface area contributed by atoms with Crippen LogP contribution in [0.2, 0.25) is 0 Å². The fraction of sp³-hybridized carbons (Fsp3) is 0.300. The molecule has 0 aromatic carbocycles. The third kappa shape index (κ3) is 1.95. The normalized spacial score (nSPS) is 12.7. The van der Waals surface area contributed by atoms with E-state index in [4.69, 9.17) is 10.6 Å². The van der Waals surface area contributed by atoms with Gasteiger partial charge in [0, 0.05) is 23.5 Å². The number of hydrogen-bond donors (Lipinski definition) is 2. The van der Waals surface area contributed by atoms with Crippen LogP contribution in [0.5, 0.6) is 5.75 Å². The summed E-state index contributed by atoms with van der Waals surface area (Å²) in [5.74, 6) is 6.44. The van der Waals surface area contributed by atoms with Crippen molar-refractivity contribution in [1.82, 2.24) is 15.2 Å². The van der Waals surface area contributed by atoms with Crippen molar-refractivity contribution in [3.63, 3.8) is 0 Å². The van der Waals surface area contributed by atoms with Gasteiger partial charge in [0.15, 0.2) is 0 Å². The molecule has 6 heteroatoms. The number of nitrogens with one attached hydrogen (secondary N) is 1. The first-order valence-corrected chi connectivity index (χ1v) is 5.70. The fourth-order valence-electron chi connectivity index (χ4n) is 1.57. The summed E-state index contributed by atoms with van der Waals surface area (Å²) in [4.78, 5) is 1.10. The number of hydrazine groups is 1. The first-order chi connectivity index (χ1) is 7.76. The molecule has 16 heavy (non-hydrogen) atoms. The number of aromatic nitrogens is 2. The molecule has 1 atom stereocenters. The van der Waals surface area contributed by atoms with E-state index in [2.05, 4.69) is 10.5 Å². The number of ether oxygens (including phenoxy) is 1. The predicted octanol–water partition coefficient (Wildman–Crippen LogP) is 1.04. The minimum atomic E-state index is -0.0543. The number of rotatable bonds is 4. The minimum Gasteiger partial charge on any atom is -0.496 e. The predicted molar refractivity (Wildman–Crippen MR) is 63.2 cm³/mol. The Hall–Kier alpha value is -1.37. The highest BCUT2D eigenvalue weighted by Gasteiger charge is 2.17. The Morgan fingerprint density at radius 1 is 1.62 bits per heavy atom. The standard InChI is InChI=1S/C10H14N4OS/c1-14-8(3-4-12-14)10(13-11)9-5-7(15-2)6-16-9/h3-6,10,13H,11H2,1-2H3. The highest BCUT2D eigenvalue weighted by atomic mass is 32.1. The zero-order valence-electron chi connectivity index (χ0n) is 9.18. The minimum absolute atomic E-state index is 0.0543.